The van der Waals surface area contributed by atoms with Crippen molar-refractivity contribution in [3.63, 3.8) is 0 Å². The van der Waals surface area contributed by atoms with Gasteiger partial charge in [0, 0.05) is 0 Å². The summed E-state index contributed by atoms with van der Waals surface area (Å²) in [7, 11) is 0. The van der Waals surface area contributed by atoms with E-state index in [1.807, 2.05) is 0 Å². The molecule has 1 N–H and O–H groups in total. The Morgan fingerprint density at radius 2 is 1.71 bits per heavy atom. The van der Waals surface area contributed by atoms with E-state index < -0.39 is 17.5 Å². The highest BCUT2D eigenvalue weighted by Crippen LogP contribution is 2.27. The monoisotopic (exact) mass is 308 g/mol. The highest BCUT2D eigenvalue weighted by molar-refractivity contribution is 7.71. The molecule has 0 saturated carbocycles. The number of aromatic amines is 1. The van der Waals surface area contributed by atoms with E-state index in [0.29, 0.717) is 22.2 Å². The molecular formula is C15H11F3N2S. The molecule has 0 aliphatic heterocycles. The van der Waals surface area contributed by atoms with Gasteiger partial charge >= 0.3 is 0 Å². The number of nitrogens with one attached hydrogen (secondary N) is 1. The van der Waals surface area contributed by atoms with Crippen LogP contribution in [-0.2, 0) is 0 Å². The lowest BCUT2D eigenvalue weighted by Crippen LogP contribution is -2.03. The Morgan fingerprint density at radius 1 is 1.00 bits per heavy atom. The van der Waals surface area contributed by atoms with Crippen LogP contribution >= 0.6 is 12.2 Å². The van der Waals surface area contributed by atoms with Crippen LogP contribution in [0.25, 0.3) is 16.7 Å². The first-order valence-electron chi connectivity index (χ1n) is 6.26. The summed E-state index contributed by atoms with van der Waals surface area (Å²) in [5, 5.41) is 0. The number of aryl methyl sites for hydroxylation is 2. The zero-order chi connectivity index (χ0) is 15.3. The van der Waals surface area contributed by atoms with Crippen LogP contribution in [0.15, 0.2) is 24.3 Å². The van der Waals surface area contributed by atoms with Crippen LogP contribution in [0.2, 0.25) is 0 Å². The van der Waals surface area contributed by atoms with Gasteiger partial charge in [-0.25, -0.2) is 13.2 Å². The molecule has 0 atom stereocenters. The minimum Gasteiger partial charge on any atom is -0.330 e. The maximum absolute atomic E-state index is 14.3. The molecule has 0 aliphatic carbocycles. The van der Waals surface area contributed by atoms with E-state index in [2.05, 4.69) is 4.98 Å². The zero-order valence-electron chi connectivity index (χ0n) is 11.3. The molecule has 0 aliphatic rings. The molecule has 2 aromatic carbocycles. The van der Waals surface area contributed by atoms with Gasteiger partial charge in [0.1, 0.15) is 17.3 Å². The quantitative estimate of drug-likeness (QED) is 0.645. The molecule has 1 aromatic heterocycles. The number of halogens is 3. The van der Waals surface area contributed by atoms with Crippen molar-refractivity contribution >= 4 is 23.3 Å². The molecule has 0 unspecified atom stereocenters. The van der Waals surface area contributed by atoms with Crippen molar-refractivity contribution in [3.8, 4) is 5.69 Å². The molecule has 108 valence electrons. The summed E-state index contributed by atoms with van der Waals surface area (Å²) in [6, 6.07) is 5.32. The number of aromatic nitrogens is 2. The first kappa shape index (κ1) is 13.9. The van der Waals surface area contributed by atoms with E-state index >= 15 is 0 Å². The molecule has 0 fully saturated rings. The molecular weight excluding hydrogens is 297 g/mol. The molecule has 1 heterocycles. The predicted octanol–water partition coefficient (Wildman–Crippen LogP) is 4.72. The number of rotatable bonds is 1. The zero-order valence-corrected chi connectivity index (χ0v) is 12.1. The number of nitrogens with zero attached hydrogens (tertiary/aromatic N) is 1. The third kappa shape index (κ3) is 2.06. The van der Waals surface area contributed by atoms with E-state index in [-0.39, 0.29) is 10.5 Å². The van der Waals surface area contributed by atoms with Gasteiger partial charge in [-0.1, -0.05) is 6.07 Å². The summed E-state index contributed by atoms with van der Waals surface area (Å²) in [6.07, 6.45) is 0. The van der Waals surface area contributed by atoms with Crippen molar-refractivity contribution in [1.82, 2.24) is 9.55 Å². The lowest BCUT2D eigenvalue weighted by atomic mass is 10.1. The highest BCUT2D eigenvalue weighted by atomic mass is 32.1. The van der Waals surface area contributed by atoms with Gasteiger partial charge in [-0.05, 0) is 55.4 Å². The average molecular weight is 308 g/mol. The molecule has 2 nitrogen and oxygen atoms in total. The average Bonchev–Trinajstić information content (AvgIpc) is 2.72. The Kier molecular flexibility index (Phi) is 3.13. The van der Waals surface area contributed by atoms with Gasteiger partial charge in [-0.2, -0.15) is 0 Å². The fraction of sp³-hybridized carbons (Fsp3) is 0.133. The normalized spacial score (nSPS) is 11.3. The molecule has 0 amide bonds. The largest absolute Gasteiger partial charge is 0.330 e. The lowest BCUT2D eigenvalue weighted by molar-refractivity contribution is 0.564. The van der Waals surface area contributed by atoms with Crippen molar-refractivity contribution < 1.29 is 13.2 Å². The number of fused-ring (bicyclic) bond motifs is 1. The van der Waals surface area contributed by atoms with E-state index in [0.717, 1.165) is 0 Å². The van der Waals surface area contributed by atoms with Crippen molar-refractivity contribution in [3.05, 3.63) is 57.6 Å². The fourth-order valence-electron chi connectivity index (χ4n) is 2.30. The summed E-state index contributed by atoms with van der Waals surface area (Å²) in [4.78, 5) is 2.77. The first-order valence-corrected chi connectivity index (χ1v) is 6.67. The highest BCUT2D eigenvalue weighted by Gasteiger charge is 2.18. The summed E-state index contributed by atoms with van der Waals surface area (Å²) in [6.45, 7) is 3.12. The maximum Gasteiger partial charge on any atom is 0.182 e. The van der Waals surface area contributed by atoms with E-state index in [1.165, 1.54) is 28.8 Å². The SMILES string of the molecule is Cc1cc2c(cc1F)[nH]c(=S)n2-c1c(F)ccc(C)c1F. The predicted molar refractivity (Wildman–Crippen MR) is 77.8 cm³/mol. The van der Waals surface area contributed by atoms with Crippen LogP contribution in [-0.4, -0.2) is 9.55 Å². The van der Waals surface area contributed by atoms with Crippen molar-refractivity contribution in [2.24, 2.45) is 0 Å². The van der Waals surface area contributed by atoms with Crippen LogP contribution in [0.1, 0.15) is 11.1 Å². The van der Waals surface area contributed by atoms with Gasteiger partial charge in [0.15, 0.2) is 10.6 Å². The Morgan fingerprint density at radius 3 is 2.43 bits per heavy atom. The molecule has 0 saturated heterocycles. The summed E-state index contributed by atoms with van der Waals surface area (Å²) in [5.74, 6) is -1.82. The van der Waals surface area contributed by atoms with Crippen molar-refractivity contribution in [2.75, 3.05) is 0 Å². The lowest BCUT2D eigenvalue weighted by Gasteiger charge is -2.10. The molecule has 21 heavy (non-hydrogen) atoms. The van der Waals surface area contributed by atoms with Crippen LogP contribution < -0.4 is 0 Å². The number of imidazole rings is 1. The van der Waals surface area contributed by atoms with Crippen LogP contribution in [0.5, 0.6) is 0 Å². The summed E-state index contributed by atoms with van der Waals surface area (Å²) < 4.78 is 43.4. The van der Waals surface area contributed by atoms with Gasteiger partial charge in [0.25, 0.3) is 0 Å². The molecule has 3 rings (SSSR count). The standard InChI is InChI=1S/C15H11F3N2S/c1-7-3-4-9(16)14(13(7)18)20-12-5-8(2)10(17)6-11(12)19-15(20)21/h3-6H,1-2H3,(H,19,21). The Labute approximate surface area is 123 Å². The van der Waals surface area contributed by atoms with Crippen LogP contribution in [0, 0.1) is 36.1 Å². The van der Waals surface area contributed by atoms with E-state index in [4.69, 9.17) is 12.2 Å². The van der Waals surface area contributed by atoms with Crippen molar-refractivity contribution in [1.29, 1.82) is 0 Å². The number of benzene rings is 2. The number of H-pyrrole nitrogens is 1. The second kappa shape index (κ2) is 4.73. The van der Waals surface area contributed by atoms with Gasteiger partial charge in [0.05, 0.1) is 11.0 Å². The Balaban J connectivity index is 2.47. The number of hydrogen-bond acceptors (Lipinski definition) is 1. The van der Waals surface area contributed by atoms with E-state index in [9.17, 15) is 13.2 Å². The number of hydrogen-bond donors (Lipinski definition) is 1. The second-order valence-corrected chi connectivity index (χ2v) is 5.30. The summed E-state index contributed by atoms with van der Waals surface area (Å²) in [5.41, 5.74) is 1.25. The molecule has 6 heteroatoms. The maximum atomic E-state index is 14.3. The third-order valence-corrected chi connectivity index (χ3v) is 3.73. The molecule has 0 radical (unpaired) electrons. The fourth-order valence-corrected chi connectivity index (χ4v) is 2.60. The molecule has 0 spiro atoms. The minimum atomic E-state index is -0.725. The molecule has 3 aromatic rings. The van der Waals surface area contributed by atoms with Crippen LogP contribution in [0.3, 0.4) is 0 Å². The second-order valence-electron chi connectivity index (χ2n) is 4.91. The van der Waals surface area contributed by atoms with Crippen LogP contribution in [0.4, 0.5) is 13.2 Å². The van der Waals surface area contributed by atoms with Gasteiger partial charge < -0.3 is 4.98 Å². The van der Waals surface area contributed by atoms with Gasteiger partial charge in [0.2, 0.25) is 0 Å². The Bertz CT molecular complexity index is 925. The molecule has 0 bridgehead atoms. The summed E-state index contributed by atoms with van der Waals surface area (Å²) >= 11 is 5.14. The van der Waals surface area contributed by atoms with Gasteiger partial charge in [-0.3, -0.25) is 4.57 Å². The van der Waals surface area contributed by atoms with E-state index in [1.54, 1.807) is 13.8 Å². The van der Waals surface area contributed by atoms with Gasteiger partial charge in [-0.15, -0.1) is 0 Å². The third-order valence-electron chi connectivity index (χ3n) is 3.45. The van der Waals surface area contributed by atoms with Crippen molar-refractivity contribution in [2.45, 2.75) is 13.8 Å². The smallest absolute Gasteiger partial charge is 0.182 e. The topological polar surface area (TPSA) is 20.7 Å². The minimum absolute atomic E-state index is 0.110. The first-order chi connectivity index (χ1) is 9.90. The Hall–Kier alpha value is -2.08.